The highest BCUT2D eigenvalue weighted by Gasteiger charge is 2.27. The van der Waals surface area contributed by atoms with Crippen molar-refractivity contribution in [2.24, 2.45) is 5.92 Å². The van der Waals surface area contributed by atoms with Gasteiger partial charge in [-0.15, -0.1) is 0 Å². The Morgan fingerprint density at radius 2 is 2.20 bits per heavy atom. The smallest absolute Gasteiger partial charge is 0.214 e. The zero-order valence-corrected chi connectivity index (χ0v) is 9.45. The fourth-order valence-corrected chi connectivity index (χ4v) is 3.29. The number of aldehydes is 1. The van der Waals surface area contributed by atoms with Crippen LogP contribution in [0.1, 0.15) is 19.3 Å². The van der Waals surface area contributed by atoms with Gasteiger partial charge in [-0.1, -0.05) is 0 Å². The molecule has 1 aliphatic heterocycles. The third kappa shape index (κ3) is 3.55. The first-order valence-electron chi connectivity index (χ1n) is 5.14. The van der Waals surface area contributed by atoms with Crippen LogP contribution in [0.25, 0.3) is 0 Å². The second-order valence-electron chi connectivity index (χ2n) is 3.79. The standard InChI is InChI=1S/C9H17NO4S/c11-5-2-6-15(13,14)10-4-1-3-9(7-10)8-12/h8-9,11H,1-7H2. The van der Waals surface area contributed by atoms with Gasteiger partial charge in [0, 0.05) is 25.6 Å². The topological polar surface area (TPSA) is 74.7 Å². The van der Waals surface area contributed by atoms with E-state index in [1.807, 2.05) is 0 Å². The summed E-state index contributed by atoms with van der Waals surface area (Å²) in [5.74, 6) is -0.197. The van der Waals surface area contributed by atoms with Crippen LogP contribution in [0, 0.1) is 5.92 Å². The van der Waals surface area contributed by atoms with E-state index in [0.29, 0.717) is 13.1 Å². The van der Waals surface area contributed by atoms with Crippen molar-refractivity contribution in [2.45, 2.75) is 19.3 Å². The third-order valence-electron chi connectivity index (χ3n) is 2.57. The molecule has 0 radical (unpaired) electrons. The summed E-state index contributed by atoms with van der Waals surface area (Å²) in [4.78, 5) is 10.6. The highest BCUT2D eigenvalue weighted by atomic mass is 32.2. The van der Waals surface area contributed by atoms with Crippen molar-refractivity contribution in [3.05, 3.63) is 0 Å². The van der Waals surface area contributed by atoms with E-state index in [9.17, 15) is 13.2 Å². The molecule has 1 rings (SSSR count). The minimum atomic E-state index is -3.27. The summed E-state index contributed by atoms with van der Waals surface area (Å²) in [5.41, 5.74) is 0. The Balaban J connectivity index is 2.58. The summed E-state index contributed by atoms with van der Waals surface area (Å²) in [6.45, 7) is 0.680. The lowest BCUT2D eigenvalue weighted by Gasteiger charge is -2.29. The van der Waals surface area contributed by atoms with Gasteiger partial charge >= 0.3 is 0 Å². The van der Waals surface area contributed by atoms with Crippen LogP contribution < -0.4 is 0 Å². The number of carbonyl (C=O) groups excluding carboxylic acids is 1. The van der Waals surface area contributed by atoms with E-state index < -0.39 is 10.0 Å². The maximum atomic E-state index is 11.7. The van der Waals surface area contributed by atoms with Gasteiger partial charge in [0.1, 0.15) is 6.29 Å². The molecule has 0 aliphatic carbocycles. The number of hydrogen-bond donors (Lipinski definition) is 1. The van der Waals surface area contributed by atoms with E-state index >= 15 is 0 Å². The first kappa shape index (κ1) is 12.6. The summed E-state index contributed by atoms with van der Waals surface area (Å²) in [7, 11) is -3.27. The van der Waals surface area contributed by atoms with Gasteiger partial charge in [-0.25, -0.2) is 12.7 Å². The molecule has 0 aromatic carbocycles. The van der Waals surface area contributed by atoms with E-state index in [1.165, 1.54) is 4.31 Å². The molecule has 1 saturated heterocycles. The number of carbonyl (C=O) groups is 1. The van der Waals surface area contributed by atoms with Gasteiger partial charge in [0.05, 0.1) is 5.75 Å². The Kier molecular flexibility index (Phi) is 4.69. The van der Waals surface area contributed by atoms with Crippen LogP contribution in [0.3, 0.4) is 0 Å². The molecule has 0 bridgehead atoms. The van der Waals surface area contributed by atoms with Crippen LogP contribution in [0.4, 0.5) is 0 Å². The number of rotatable bonds is 5. The van der Waals surface area contributed by atoms with Crippen LogP contribution in [0.5, 0.6) is 0 Å². The Bertz CT molecular complexity index is 301. The van der Waals surface area contributed by atoms with Crippen molar-refractivity contribution in [3.8, 4) is 0 Å². The molecule has 1 atom stereocenters. The minimum absolute atomic E-state index is 0.0327. The van der Waals surface area contributed by atoms with Crippen LogP contribution in [0.15, 0.2) is 0 Å². The van der Waals surface area contributed by atoms with Crippen LogP contribution in [-0.2, 0) is 14.8 Å². The normalized spacial score (nSPS) is 23.9. The molecule has 0 aromatic heterocycles. The molecule has 88 valence electrons. The van der Waals surface area contributed by atoms with E-state index in [2.05, 4.69) is 0 Å². The maximum absolute atomic E-state index is 11.7. The van der Waals surface area contributed by atoms with Crippen molar-refractivity contribution < 1.29 is 18.3 Å². The second-order valence-corrected chi connectivity index (χ2v) is 5.88. The quantitative estimate of drug-likeness (QED) is 0.659. The molecule has 5 nitrogen and oxygen atoms in total. The lowest BCUT2D eigenvalue weighted by molar-refractivity contribution is -0.112. The largest absolute Gasteiger partial charge is 0.396 e. The number of aliphatic hydroxyl groups excluding tert-OH is 1. The molecular weight excluding hydrogens is 218 g/mol. The van der Waals surface area contributed by atoms with Gasteiger partial charge in [-0.2, -0.15) is 0 Å². The molecule has 1 fully saturated rings. The van der Waals surface area contributed by atoms with Crippen molar-refractivity contribution >= 4 is 16.3 Å². The van der Waals surface area contributed by atoms with Gasteiger partial charge in [0.25, 0.3) is 0 Å². The molecule has 15 heavy (non-hydrogen) atoms. The fourth-order valence-electron chi connectivity index (χ4n) is 1.71. The molecule has 0 amide bonds. The van der Waals surface area contributed by atoms with Crippen molar-refractivity contribution in [3.63, 3.8) is 0 Å². The lowest BCUT2D eigenvalue weighted by Crippen LogP contribution is -2.41. The minimum Gasteiger partial charge on any atom is -0.396 e. The number of aliphatic hydroxyl groups is 1. The lowest BCUT2D eigenvalue weighted by atomic mass is 10.0. The summed E-state index contributed by atoms with van der Waals surface area (Å²) in [6, 6.07) is 0. The van der Waals surface area contributed by atoms with Gasteiger partial charge in [-0.3, -0.25) is 0 Å². The Morgan fingerprint density at radius 1 is 1.47 bits per heavy atom. The summed E-state index contributed by atoms with van der Waals surface area (Å²) in [6.07, 6.45) is 2.59. The first-order valence-corrected chi connectivity index (χ1v) is 6.75. The van der Waals surface area contributed by atoms with Crippen LogP contribution in [0.2, 0.25) is 0 Å². The van der Waals surface area contributed by atoms with Gasteiger partial charge < -0.3 is 9.90 Å². The predicted octanol–water partition coefficient (Wildman–Crippen LogP) is -0.390. The van der Waals surface area contributed by atoms with Gasteiger partial charge in [-0.05, 0) is 19.3 Å². The number of piperidine rings is 1. The highest BCUT2D eigenvalue weighted by molar-refractivity contribution is 7.89. The third-order valence-corrected chi connectivity index (χ3v) is 4.49. The van der Waals surface area contributed by atoms with Gasteiger partial charge in [0.2, 0.25) is 10.0 Å². The Morgan fingerprint density at radius 3 is 2.80 bits per heavy atom. The molecule has 1 aliphatic rings. The average Bonchev–Trinajstić information content (AvgIpc) is 2.26. The molecule has 0 aromatic rings. The van der Waals surface area contributed by atoms with Crippen molar-refractivity contribution in [1.82, 2.24) is 4.31 Å². The number of nitrogens with zero attached hydrogens (tertiary/aromatic N) is 1. The average molecular weight is 235 g/mol. The van der Waals surface area contributed by atoms with E-state index in [1.54, 1.807) is 0 Å². The Labute approximate surface area is 90.1 Å². The first-order chi connectivity index (χ1) is 7.10. The van der Waals surface area contributed by atoms with E-state index in [4.69, 9.17) is 5.11 Å². The van der Waals surface area contributed by atoms with E-state index in [0.717, 1.165) is 19.1 Å². The number of hydrogen-bond acceptors (Lipinski definition) is 4. The number of sulfonamides is 1. The fraction of sp³-hybridized carbons (Fsp3) is 0.889. The van der Waals surface area contributed by atoms with Crippen molar-refractivity contribution in [2.75, 3.05) is 25.4 Å². The SMILES string of the molecule is O=CC1CCCN(S(=O)(=O)CCCO)C1. The predicted molar refractivity (Wildman–Crippen MR) is 55.9 cm³/mol. The zero-order valence-electron chi connectivity index (χ0n) is 8.63. The molecule has 6 heteroatoms. The molecule has 0 spiro atoms. The molecule has 1 N–H and O–H groups in total. The summed E-state index contributed by atoms with van der Waals surface area (Å²) < 4.78 is 24.8. The summed E-state index contributed by atoms with van der Waals surface area (Å²) in [5, 5.41) is 8.59. The monoisotopic (exact) mass is 235 g/mol. The summed E-state index contributed by atoms with van der Waals surface area (Å²) >= 11 is 0. The highest BCUT2D eigenvalue weighted by Crippen LogP contribution is 2.18. The van der Waals surface area contributed by atoms with Crippen LogP contribution in [-0.4, -0.2) is 49.6 Å². The molecule has 1 unspecified atom stereocenters. The van der Waals surface area contributed by atoms with E-state index in [-0.39, 0.29) is 24.7 Å². The van der Waals surface area contributed by atoms with Gasteiger partial charge in [0.15, 0.2) is 0 Å². The Hall–Kier alpha value is -0.460. The maximum Gasteiger partial charge on any atom is 0.214 e. The second kappa shape index (κ2) is 5.58. The zero-order chi connectivity index (χ0) is 11.3. The molecular formula is C9H17NO4S. The van der Waals surface area contributed by atoms with Crippen LogP contribution >= 0.6 is 0 Å². The molecule has 0 saturated carbocycles. The van der Waals surface area contributed by atoms with Crippen molar-refractivity contribution in [1.29, 1.82) is 0 Å². The molecule has 1 heterocycles.